The molecule has 9 heteroatoms. The van der Waals surface area contributed by atoms with Crippen molar-refractivity contribution in [2.75, 3.05) is 19.8 Å². The number of hydrogen-bond acceptors (Lipinski definition) is 3. The van der Waals surface area contributed by atoms with Crippen molar-refractivity contribution in [3.8, 4) is 0 Å². The summed E-state index contributed by atoms with van der Waals surface area (Å²) in [6, 6.07) is 1.46. The highest BCUT2D eigenvalue weighted by Gasteiger charge is 2.27. The van der Waals surface area contributed by atoms with Crippen molar-refractivity contribution in [3.63, 3.8) is 0 Å². The maximum atomic E-state index is 11.8. The lowest BCUT2D eigenvalue weighted by molar-refractivity contribution is -0.173. The highest BCUT2D eigenvalue weighted by molar-refractivity contribution is 9.10. The Bertz CT molecular complexity index is 457. The number of ether oxygens (including phenoxy) is 1. The number of nitrogens with one attached hydrogen (secondary N) is 1. The van der Waals surface area contributed by atoms with Crippen molar-refractivity contribution in [2.45, 2.75) is 6.18 Å². The Balaban J connectivity index is 2.38. The van der Waals surface area contributed by atoms with Crippen molar-refractivity contribution in [1.82, 2.24) is 10.3 Å². The summed E-state index contributed by atoms with van der Waals surface area (Å²) in [4.78, 5) is 15.4. The minimum Gasteiger partial charge on any atom is -0.370 e. The van der Waals surface area contributed by atoms with Crippen LogP contribution in [0.4, 0.5) is 13.2 Å². The van der Waals surface area contributed by atoms with Crippen LogP contribution < -0.4 is 5.32 Å². The zero-order valence-corrected chi connectivity index (χ0v) is 11.8. The average molecular weight is 362 g/mol. The van der Waals surface area contributed by atoms with E-state index in [1.165, 1.54) is 12.3 Å². The summed E-state index contributed by atoms with van der Waals surface area (Å²) in [6.07, 6.45) is -2.95. The number of aromatic nitrogens is 1. The summed E-state index contributed by atoms with van der Waals surface area (Å²) >= 11 is 8.85. The molecule has 1 aromatic heterocycles. The molecule has 1 N–H and O–H groups in total. The molecule has 4 nitrogen and oxygen atoms in total. The van der Waals surface area contributed by atoms with E-state index in [4.69, 9.17) is 11.6 Å². The first-order chi connectivity index (χ1) is 8.79. The number of hydrogen-bond donors (Lipinski definition) is 1. The molecule has 0 radical (unpaired) electrons. The minimum absolute atomic E-state index is 0.0110. The van der Waals surface area contributed by atoms with E-state index in [9.17, 15) is 18.0 Å². The molecule has 0 aliphatic heterocycles. The smallest absolute Gasteiger partial charge is 0.370 e. The maximum absolute atomic E-state index is 11.8. The number of carbonyl (C=O) groups is 1. The van der Waals surface area contributed by atoms with Crippen LogP contribution in [-0.2, 0) is 4.74 Å². The quantitative estimate of drug-likeness (QED) is 0.648. The molecular formula is C10H9BrClF3N2O2. The molecule has 0 bridgehead atoms. The first-order valence-electron chi connectivity index (χ1n) is 5.03. The van der Waals surface area contributed by atoms with Gasteiger partial charge in [-0.3, -0.25) is 4.79 Å². The van der Waals surface area contributed by atoms with Crippen molar-refractivity contribution in [3.05, 3.63) is 27.5 Å². The highest BCUT2D eigenvalue weighted by Crippen LogP contribution is 2.17. The number of carbonyl (C=O) groups excluding carboxylic acids is 1. The molecule has 1 heterocycles. The van der Waals surface area contributed by atoms with E-state index in [0.29, 0.717) is 4.47 Å². The standard InChI is InChI=1S/C10H9BrClF3N2O2/c11-6-3-7(8(12)17-4-6)9(18)16-1-2-19-5-10(13,14)15/h3-4H,1-2,5H2,(H,16,18). The van der Waals surface area contributed by atoms with Crippen LogP contribution >= 0.6 is 27.5 Å². The Morgan fingerprint density at radius 2 is 2.21 bits per heavy atom. The average Bonchev–Trinajstić information content (AvgIpc) is 2.30. The second-order valence-corrected chi connectivity index (χ2v) is 4.69. The zero-order valence-electron chi connectivity index (χ0n) is 9.43. The molecule has 19 heavy (non-hydrogen) atoms. The van der Waals surface area contributed by atoms with Gasteiger partial charge in [-0.2, -0.15) is 13.2 Å². The largest absolute Gasteiger partial charge is 0.411 e. The lowest BCUT2D eigenvalue weighted by Gasteiger charge is -2.09. The summed E-state index contributed by atoms with van der Waals surface area (Å²) in [6.45, 7) is -1.65. The maximum Gasteiger partial charge on any atom is 0.411 e. The number of halogens is 5. The monoisotopic (exact) mass is 360 g/mol. The van der Waals surface area contributed by atoms with Crippen LogP contribution in [0.1, 0.15) is 10.4 Å². The second kappa shape index (κ2) is 7.06. The van der Waals surface area contributed by atoms with Gasteiger partial charge in [-0.15, -0.1) is 0 Å². The van der Waals surface area contributed by atoms with E-state index in [-0.39, 0.29) is 23.9 Å². The number of amides is 1. The predicted molar refractivity (Wildman–Crippen MR) is 66.2 cm³/mol. The topological polar surface area (TPSA) is 51.2 Å². The third-order valence-corrected chi connectivity index (χ3v) is 2.58. The third kappa shape index (κ3) is 6.22. The van der Waals surface area contributed by atoms with E-state index in [1.54, 1.807) is 0 Å². The molecule has 1 aromatic rings. The molecule has 0 fully saturated rings. The summed E-state index contributed by atoms with van der Waals surface area (Å²) in [7, 11) is 0. The Morgan fingerprint density at radius 3 is 2.84 bits per heavy atom. The Labute approximate surface area is 120 Å². The molecule has 0 atom stereocenters. The SMILES string of the molecule is O=C(NCCOCC(F)(F)F)c1cc(Br)cnc1Cl. The van der Waals surface area contributed by atoms with Crippen LogP contribution in [0.15, 0.2) is 16.7 Å². The first-order valence-corrected chi connectivity index (χ1v) is 6.20. The van der Waals surface area contributed by atoms with Crippen LogP contribution in [0.3, 0.4) is 0 Å². The fraction of sp³-hybridized carbons (Fsp3) is 0.400. The number of pyridine rings is 1. The highest BCUT2D eigenvalue weighted by atomic mass is 79.9. The van der Waals surface area contributed by atoms with Crippen LogP contribution in [0, 0.1) is 0 Å². The van der Waals surface area contributed by atoms with Gasteiger partial charge in [0.25, 0.3) is 5.91 Å². The van der Waals surface area contributed by atoms with Crippen molar-refractivity contribution in [1.29, 1.82) is 0 Å². The van der Waals surface area contributed by atoms with Gasteiger partial charge in [0.1, 0.15) is 11.8 Å². The van der Waals surface area contributed by atoms with Crippen molar-refractivity contribution >= 4 is 33.4 Å². The van der Waals surface area contributed by atoms with E-state index in [2.05, 4.69) is 31.0 Å². The number of alkyl halides is 3. The van der Waals surface area contributed by atoms with E-state index in [1.807, 2.05) is 0 Å². The summed E-state index contributed by atoms with van der Waals surface area (Å²) in [5, 5.41) is 2.39. The Hall–Kier alpha value is -0.860. The molecular weight excluding hydrogens is 352 g/mol. The van der Waals surface area contributed by atoms with E-state index < -0.39 is 18.7 Å². The molecule has 0 aliphatic carbocycles. The van der Waals surface area contributed by atoms with Gasteiger partial charge in [-0.25, -0.2) is 4.98 Å². The summed E-state index contributed by atoms with van der Waals surface area (Å²) in [5.41, 5.74) is 0.131. The van der Waals surface area contributed by atoms with E-state index >= 15 is 0 Å². The third-order valence-electron chi connectivity index (χ3n) is 1.85. The van der Waals surface area contributed by atoms with Gasteiger partial charge in [0, 0.05) is 17.2 Å². The van der Waals surface area contributed by atoms with Gasteiger partial charge in [0.2, 0.25) is 0 Å². The van der Waals surface area contributed by atoms with Crippen LogP contribution in [0.25, 0.3) is 0 Å². The zero-order chi connectivity index (χ0) is 14.5. The summed E-state index contributed by atoms with van der Waals surface area (Å²) in [5.74, 6) is -0.533. The molecule has 0 saturated carbocycles. The normalized spacial score (nSPS) is 11.4. The van der Waals surface area contributed by atoms with Crippen LogP contribution in [-0.4, -0.2) is 36.8 Å². The lowest BCUT2D eigenvalue weighted by Crippen LogP contribution is -2.29. The predicted octanol–water partition coefficient (Wildman–Crippen LogP) is 2.81. The Morgan fingerprint density at radius 1 is 1.53 bits per heavy atom. The molecule has 0 saturated heterocycles. The number of nitrogens with zero attached hydrogens (tertiary/aromatic N) is 1. The fourth-order valence-corrected chi connectivity index (χ4v) is 1.62. The first kappa shape index (κ1) is 16.2. The van der Waals surface area contributed by atoms with Gasteiger partial charge in [0.15, 0.2) is 0 Å². The van der Waals surface area contributed by atoms with Crippen LogP contribution in [0.5, 0.6) is 0 Å². The second-order valence-electron chi connectivity index (χ2n) is 3.42. The summed E-state index contributed by atoms with van der Waals surface area (Å²) < 4.78 is 40.2. The fourth-order valence-electron chi connectivity index (χ4n) is 1.10. The molecule has 0 aliphatic rings. The van der Waals surface area contributed by atoms with Gasteiger partial charge in [-0.1, -0.05) is 11.6 Å². The Kier molecular flexibility index (Phi) is 6.02. The van der Waals surface area contributed by atoms with Gasteiger partial charge < -0.3 is 10.1 Å². The molecule has 0 aromatic carbocycles. The van der Waals surface area contributed by atoms with Crippen molar-refractivity contribution in [2.24, 2.45) is 0 Å². The van der Waals surface area contributed by atoms with Gasteiger partial charge in [0.05, 0.1) is 12.2 Å². The molecule has 1 rings (SSSR count). The van der Waals surface area contributed by atoms with Crippen LogP contribution in [0.2, 0.25) is 5.15 Å². The molecule has 1 amide bonds. The molecule has 0 unspecified atom stereocenters. The molecule has 0 spiro atoms. The van der Waals surface area contributed by atoms with Gasteiger partial charge in [-0.05, 0) is 22.0 Å². The number of rotatable bonds is 5. The van der Waals surface area contributed by atoms with Crippen molar-refractivity contribution < 1.29 is 22.7 Å². The minimum atomic E-state index is -4.37. The lowest BCUT2D eigenvalue weighted by atomic mass is 10.2. The van der Waals surface area contributed by atoms with Gasteiger partial charge >= 0.3 is 6.18 Å². The van der Waals surface area contributed by atoms with E-state index in [0.717, 1.165) is 0 Å². The molecule has 106 valence electrons.